The quantitative estimate of drug-likeness (QED) is 0.706. The van der Waals surface area contributed by atoms with E-state index >= 15 is 0 Å². The normalized spacial score (nSPS) is 10.3. The number of anilines is 3. The van der Waals surface area contributed by atoms with Crippen LogP contribution in [0.1, 0.15) is 10.5 Å². The van der Waals surface area contributed by atoms with Crippen LogP contribution in [0.25, 0.3) is 0 Å². The first-order valence-electron chi connectivity index (χ1n) is 7.98. The number of carbonyl (C=O) groups is 1. The molecule has 3 rings (SSSR count). The van der Waals surface area contributed by atoms with E-state index in [0.29, 0.717) is 22.2 Å². The number of carbonyl (C=O) groups excluding carboxylic acids is 1. The van der Waals surface area contributed by atoms with Crippen LogP contribution in [0.3, 0.4) is 0 Å². The molecular weight excluding hydrogens is 350 g/mol. The highest BCUT2D eigenvalue weighted by Gasteiger charge is 2.12. The topological polar surface area (TPSA) is 54.5 Å². The van der Waals surface area contributed by atoms with Crippen molar-refractivity contribution in [1.29, 1.82) is 0 Å². The Balaban J connectivity index is 1.76. The zero-order valence-corrected chi connectivity index (χ0v) is 15.2. The number of amides is 1. The number of ether oxygens (including phenoxy) is 1. The SMILES string of the molecule is COc1ccc(Cl)cc1NC(=O)c1ccc(N(C)c2ccccc2)cn1. The second-order valence-corrected chi connectivity index (χ2v) is 6.03. The zero-order valence-electron chi connectivity index (χ0n) is 14.4. The zero-order chi connectivity index (χ0) is 18.5. The first-order chi connectivity index (χ1) is 12.6. The highest BCUT2D eigenvalue weighted by Crippen LogP contribution is 2.28. The highest BCUT2D eigenvalue weighted by atomic mass is 35.5. The van der Waals surface area contributed by atoms with Gasteiger partial charge in [0.2, 0.25) is 0 Å². The van der Waals surface area contributed by atoms with Crippen molar-refractivity contribution in [3.05, 3.63) is 77.6 Å². The van der Waals surface area contributed by atoms with Gasteiger partial charge in [0, 0.05) is 17.8 Å². The van der Waals surface area contributed by atoms with Crippen molar-refractivity contribution < 1.29 is 9.53 Å². The monoisotopic (exact) mass is 367 g/mol. The summed E-state index contributed by atoms with van der Waals surface area (Å²) in [6.45, 7) is 0. The molecule has 0 unspecified atom stereocenters. The highest BCUT2D eigenvalue weighted by molar-refractivity contribution is 6.31. The minimum atomic E-state index is -0.334. The third kappa shape index (κ3) is 3.95. The molecule has 132 valence electrons. The van der Waals surface area contributed by atoms with Crippen molar-refractivity contribution in [3.8, 4) is 5.75 Å². The molecule has 0 fully saturated rings. The van der Waals surface area contributed by atoms with Gasteiger partial charge >= 0.3 is 0 Å². The van der Waals surface area contributed by atoms with Crippen LogP contribution in [0, 0.1) is 0 Å². The maximum absolute atomic E-state index is 12.5. The number of pyridine rings is 1. The summed E-state index contributed by atoms with van der Waals surface area (Å²) in [5, 5.41) is 3.28. The van der Waals surface area contributed by atoms with Gasteiger partial charge in [-0.05, 0) is 42.5 Å². The molecule has 1 amide bonds. The molecule has 0 atom stereocenters. The van der Waals surface area contributed by atoms with E-state index in [1.165, 1.54) is 7.11 Å². The molecule has 5 nitrogen and oxygen atoms in total. The fourth-order valence-corrected chi connectivity index (χ4v) is 2.66. The minimum Gasteiger partial charge on any atom is -0.495 e. The van der Waals surface area contributed by atoms with E-state index in [1.54, 1.807) is 30.5 Å². The molecule has 1 N–H and O–H groups in total. The lowest BCUT2D eigenvalue weighted by molar-refractivity contribution is 0.102. The van der Waals surface area contributed by atoms with Gasteiger partial charge < -0.3 is 15.0 Å². The third-order valence-corrected chi connectivity index (χ3v) is 4.16. The van der Waals surface area contributed by atoms with Crippen LogP contribution in [-0.4, -0.2) is 25.0 Å². The summed E-state index contributed by atoms with van der Waals surface area (Å²) >= 11 is 5.99. The van der Waals surface area contributed by atoms with Crippen LogP contribution in [0.2, 0.25) is 5.02 Å². The largest absolute Gasteiger partial charge is 0.495 e. The van der Waals surface area contributed by atoms with Crippen LogP contribution in [0.15, 0.2) is 66.9 Å². The second-order valence-electron chi connectivity index (χ2n) is 5.59. The third-order valence-electron chi connectivity index (χ3n) is 3.92. The molecule has 1 heterocycles. The molecular formula is C20H18ClN3O2. The van der Waals surface area contributed by atoms with E-state index in [0.717, 1.165) is 11.4 Å². The Hall–Kier alpha value is -3.05. The Morgan fingerprint density at radius 2 is 1.85 bits per heavy atom. The average Bonchev–Trinajstić information content (AvgIpc) is 2.68. The standard InChI is InChI=1S/C20H18ClN3O2/c1-24(15-6-4-3-5-7-15)16-9-10-17(22-13-16)20(25)23-18-12-14(21)8-11-19(18)26-2/h3-13H,1-2H3,(H,23,25). The molecule has 0 bridgehead atoms. The average molecular weight is 368 g/mol. The number of halogens is 1. The summed E-state index contributed by atoms with van der Waals surface area (Å²) < 4.78 is 5.24. The van der Waals surface area contributed by atoms with Crippen molar-refractivity contribution in [2.24, 2.45) is 0 Å². The number of benzene rings is 2. The number of methoxy groups -OCH3 is 1. The lowest BCUT2D eigenvalue weighted by atomic mass is 10.2. The minimum absolute atomic E-state index is 0.303. The van der Waals surface area contributed by atoms with E-state index in [-0.39, 0.29) is 5.91 Å². The first-order valence-corrected chi connectivity index (χ1v) is 8.36. The molecule has 0 spiro atoms. The number of hydrogen-bond donors (Lipinski definition) is 1. The maximum Gasteiger partial charge on any atom is 0.274 e. The fraction of sp³-hybridized carbons (Fsp3) is 0.100. The molecule has 3 aromatic rings. The van der Waals surface area contributed by atoms with Gasteiger partial charge in [0.1, 0.15) is 11.4 Å². The summed E-state index contributed by atoms with van der Waals surface area (Å²) in [5.74, 6) is 0.197. The summed E-state index contributed by atoms with van der Waals surface area (Å²) in [7, 11) is 3.48. The van der Waals surface area contributed by atoms with E-state index in [4.69, 9.17) is 16.3 Å². The number of para-hydroxylation sites is 1. The van der Waals surface area contributed by atoms with Gasteiger partial charge in [-0.25, -0.2) is 4.98 Å². The van der Waals surface area contributed by atoms with Crippen LogP contribution in [0.5, 0.6) is 5.75 Å². The molecule has 0 aliphatic rings. The molecule has 1 aromatic heterocycles. The van der Waals surface area contributed by atoms with E-state index < -0.39 is 0 Å². The van der Waals surface area contributed by atoms with Crippen LogP contribution >= 0.6 is 11.6 Å². The molecule has 2 aromatic carbocycles. The van der Waals surface area contributed by atoms with Crippen LogP contribution in [-0.2, 0) is 0 Å². The van der Waals surface area contributed by atoms with Crippen LogP contribution < -0.4 is 15.0 Å². The second kappa shape index (κ2) is 7.89. The molecule has 6 heteroatoms. The molecule has 0 radical (unpaired) electrons. The summed E-state index contributed by atoms with van der Waals surface area (Å²) in [6, 6.07) is 18.5. The smallest absolute Gasteiger partial charge is 0.274 e. The van der Waals surface area contributed by atoms with Gasteiger partial charge in [0.05, 0.1) is 24.7 Å². The summed E-state index contributed by atoms with van der Waals surface area (Å²) in [6.07, 6.45) is 1.66. The predicted octanol–water partition coefficient (Wildman–Crippen LogP) is 4.76. The first kappa shape index (κ1) is 17.8. The Bertz CT molecular complexity index is 899. The van der Waals surface area contributed by atoms with E-state index in [2.05, 4.69) is 10.3 Å². The fourth-order valence-electron chi connectivity index (χ4n) is 2.48. The number of rotatable bonds is 5. The van der Waals surface area contributed by atoms with Gasteiger partial charge in [-0.15, -0.1) is 0 Å². The van der Waals surface area contributed by atoms with Crippen molar-refractivity contribution >= 4 is 34.6 Å². The summed E-state index contributed by atoms with van der Waals surface area (Å²) in [5.41, 5.74) is 2.72. The summed E-state index contributed by atoms with van der Waals surface area (Å²) in [4.78, 5) is 18.7. The van der Waals surface area contributed by atoms with Gasteiger partial charge in [-0.3, -0.25) is 4.79 Å². The van der Waals surface area contributed by atoms with Gasteiger partial charge in [0.15, 0.2) is 0 Å². The molecule has 0 aliphatic carbocycles. The van der Waals surface area contributed by atoms with Crippen molar-refractivity contribution in [2.45, 2.75) is 0 Å². The maximum atomic E-state index is 12.5. The number of aromatic nitrogens is 1. The molecule has 0 saturated carbocycles. The van der Waals surface area contributed by atoms with Gasteiger partial charge in [-0.1, -0.05) is 29.8 Å². The van der Waals surface area contributed by atoms with Crippen molar-refractivity contribution in [2.75, 3.05) is 24.4 Å². The lowest BCUT2D eigenvalue weighted by Gasteiger charge is -2.19. The number of hydrogen-bond acceptors (Lipinski definition) is 4. The van der Waals surface area contributed by atoms with Crippen LogP contribution in [0.4, 0.5) is 17.1 Å². The van der Waals surface area contributed by atoms with E-state index in [1.807, 2.05) is 48.3 Å². The number of nitrogens with one attached hydrogen (secondary N) is 1. The van der Waals surface area contributed by atoms with Crippen molar-refractivity contribution in [3.63, 3.8) is 0 Å². The molecule has 0 saturated heterocycles. The molecule has 0 aliphatic heterocycles. The van der Waals surface area contributed by atoms with Gasteiger partial charge in [0.25, 0.3) is 5.91 Å². The Morgan fingerprint density at radius 1 is 1.08 bits per heavy atom. The Morgan fingerprint density at radius 3 is 2.50 bits per heavy atom. The molecule has 26 heavy (non-hydrogen) atoms. The van der Waals surface area contributed by atoms with Crippen molar-refractivity contribution in [1.82, 2.24) is 4.98 Å². The number of nitrogens with zero attached hydrogens (tertiary/aromatic N) is 2. The Labute approximate surface area is 157 Å². The van der Waals surface area contributed by atoms with E-state index in [9.17, 15) is 4.79 Å². The predicted molar refractivity (Wildman–Crippen MR) is 105 cm³/mol. The lowest BCUT2D eigenvalue weighted by Crippen LogP contribution is -2.15. The van der Waals surface area contributed by atoms with Gasteiger partial charge in [-0.2, -0.15) is 0 Å². The Kier molecular flexibility index (Phi) is 5.39.